The van der Waals surface area contributed by atoms with Crippen LogP contribution in [-0.4, -0.2) is 62.1 Å². The molecule has 1 amide bonds. The molecule has 0 unspecified atom stereocenters. The molecular formula is C22H25N7O2. The number of carbonyl (C=O) groups is 1. The first kappa shape index (κ1) is 20.5. The third kappa shape index (κ3) is 4.13. The van der Waals surface area contributed by atoms with Gasteiger partial charge in [0.1, 0.15) is 17.4 Å². The van der Waals surface area contributed by atoms with Gasteiger partial charge >= 0.3 is 0 Å². The van der Waals surface area contributed by atoms with E-state index < -0.39 is 0 Å². The molecule has 0 saturated carbocycles. The molecule has 0 aliphatic heterocycles. The Hall–Kier alpha value is -3.72. The van der Waals surface area contributed by atoms with E-state index in [2.05, 4.69) is 10.4 Å². The maximum Gasteiger partial charge on any atom is 0.280 e. The van der Waals surface area contributed by atoms with Crippen LogP contribution in [0.25, 0.3) is 22.4 Å². The highest BCUT2D eigenvalue weighted by Gasteiger charge is 2.22. The number of hydrogen-bond donors (Lipinski definition) is 1. The minimum Gasteiger partial charge on any atom is -0.353 e. The number of para-hydroxylation sites is 1. The molecule has 31 heavy (non-hydrogen) atoms. The van der Waals surface area contributed by atoms with Gasteiger partial charge in [0.15, 0.2) is 5.82 Å². The summed E-state index contributed by atoms with van der Waals surface area (Å²) in [5.41, 5.74) is 1.57. The lowest BCUT2D eigenvalue weighted by Crippen LogP contribution is -2.37. The van der Waals surface area contributed by atoms with Crippen molar-refractivity contribution in [3.8, 4) is 11.5 Å². The van der Waals surface area contributed by atoms with Crippen molar-refractivity contribution in [1.29, 1.82) is 0 Å². The first-order valence-electron chi connectivity index (χ1n) is 10.1. The van der Waals surface area contributed by atoms with Gasteiger partial charge in [-0.25, -0.2) is 9.36 Å². The second-order valence-electron chi connectivity index (χ2n) is 7.59. The van der Waals surface area contributed by atoms with Gasteiger partial charge in [0.25, 0.3) is 5.56 Å². The Bertz CT molecular complexity index is 1250. The Morgan fingerprint density at radius 3 is 2.45 bits per heavy atom. The number of amides is 1. The zero-order chi connectivity index (χ0) is 22.0. The van der Waals surface area contributed by atoms with Crippen molar-refractivity contribution < 1.29 is 4.79 Å². The molecule has 0 bridgehead atoms. The van der Waals surface area contributed by atoms with E-state index in [1.807, 2.05) is 78.4 Å². The fraction of sp³-hybridized carbons (Fsp3) is 0.273. The fourth-order valence-electron chi connectivity index (χ4n) is 3.44. The molecule has 0 saturated heterocycles. The first-order valence-corrected chi connectivity index (χ1v) is 10.1. The summed E-state index contributed by atoms with van der Waals surface area (Å²) in [6.07, 6.45) is 3.73. The van der Waals surface area contributed by atoms with Crippen molar-refractivity contribution in [2.45, 2.75) is 13.5 Å². The quantitative estimate of drug-likeness (QED) is 0.489. The first-order chi connectivity index (χ1) is 15.0. The van der Waals surface area contributed by atoms with Crippen LogP contribution in [-0.2, 0) is 11.3 Å². The Morgan fingerprint density at radius 2 is 1.77 bits per heavy atom. The monoisotopic (exact) mass is 419 g/mol. The van der Waals surface area contributed by atoms with Crippen molar-refractivity contribution in [1.82, 2.24) is 34.3 Å². The summed E-state index contributed by atoms with van der Waals surface area (Å²) < 4.78 is 4.81. The van der Waals surface area contributed by atoms with E-state index in [0.717, 1.165) is 5.69 Å². The summed E-state index contributed by atoms with van der Waals surface area (Å²) in [6, 6.07) is 13.4. The summed E-state index contributed by atoms with van der Waals surface area (Å²) in [5, 5.41) is 12.3. The molecule has 3 heterocycles. The standard InChI is InChI=1S/C22H25N7O2/c1-16-20-19(22(31)28(24-16)15-18(30)23-11-14-26(2)3)21(27-12-7-8-13-27)29(25-20)17-9-5-4-6-10-17/h4-10,12-13H,11,14-15H2,1-3H3,(H,23,30). The van der Waals surface area contributed by atoms with Gasteiger partial charge in [-0.15, -0.1) is 0 Å². The minimum atomic E-state index is -0.353. The molecule has 0 atom stereocenters. The molecular weight excluding hydrogens is 394 g/mol. The molecule has 160 valence electrons. The zero-order valence-corrected chi connectivity index (χ0v) is 17.8. The predicted octanol–water partition coefficient (Wildman–Crippen LogP) is 1.36. The number of nitrogens with one attached hydrogen (secondary N) is 1. The molecule has 0 fully saturated rings. The third-order valence-electron chi connectivity index (χ3n) is 4.95. The van der Waals surface area contributed by atoms with Crippen molar-refractivity contribution in [3.05, 3.63) is 70.9 Å². The molecule has 1 aromatic carbocycles. The lowest BCUT2D eigenvalue weighted by molar-refractivity contribution is -0.121. The van der Waals surface area contributed by atoms with Gasteiger partial charge in [0.05, 0.1) is 11.4 Å². The molecule has 4 aromatic rings. The highest BCUT2D eigenvalue weighted by atomic mass is 16.2. The molecule has 0 aliphatic carbocycles. The largest absolute Gasteiger partial charge is 0.353 e. The number of hydrogen-bond acceptors (Lipinski definition) is 5. The van der Waals surface area contributed by atoms with Gasteiger partial charge in [-0.3, -0.25) is 9.59 Å². The van der Waals surface area contributed by atoms with E-state index in [4.69, 9.17) is 5.10 Å². The summed E-state index contributed by atoms with van der Waals surface area (Å²) in [5.74, 6) is 0.358. The number of nitrogens with zero attached hydrogens (tertiary/aromatic N) is 6. The van der Waals surface area contributed by atoms with Crippen molar-refractivity contribution >= 4 is 16.8 Å². The number of rotatable bonds is 7. The van der Waals surface area contributed by atoms with Crippen molar-refractivity contribution in [2.24, 2.45) is 0 Å². The summed E-state index contributed by atoms with van der Waals surface area (Å²) >= 11 is 0. The number of benzene rings is 1. The lowest BCUT2D eigenvalue weighted by atomic mass is 10.2. The van der Waals surface area contributed by atoms with Crippen LogP contribution in [0.2, 0.25) is 0 Å². The predicted molar refractivity (Wildman–Crippen MR) is 119 cm³/mol. The topological polar surface area (TPSA) is 90.0 Å². The number of carbonyl (C=O) groups excluding carboxylic acids is 1. The van der Waals surface area contributed by atoms with Crippen LogP contribution in [0.1, 0.15) is 5.69 Å². The second kappa shape index (κ2) is 8.57. The summed E-state index contributed by atoms with van der Waals surface area (Å²) in [4.78, 5) is 27.8. The maximum atomic E-state index is 13.4. The second-order valence-corrected chi connectivity index (χ2v) is 7.59. The Kier molecular flexibility index (Phi) is 5.68. The maximum absolute atomic E-state index is 13.4. The van der Waals surface area contributed by atoms with Crippen LogP contribution in [0.5, 0.6) is 0 Å². The fourth-order valence-corrected chi connectivity index (χ4v) is 3.44. The number of likely N-dealkylation sites (N-methyl/N-ethyl adjacent to an activating group) is 1. The third-order valence-corrected chi connectivity index (χ3v) is 4.95. The highest BCUT2D eigenvalue weighted by molar-refractivity contribution is 5.88. The lowest BCUT2D eigenvalue weighted by Gasteiger charge is -2.11. The Balaban J connectivity index is 1.82. The van der Waals surface area contributed by atoms with Crippen LogP contribution >= 0.6 is 0 Å². The van der Waals surface area contributed by atoms with E-state index >= 15 is 0 Å². The molecule has 9 nitrogen and oxygen atoms in total. The van der Waals surface area contributed by atoms with Crippen LogP contribution in [0, 0.1) is 6.92 Å². The van der Waals surface area contributed by atoms with Gasteiger partial charge in [0.2, 0.25) is 5.91 Å². The number of fused-ring (bicyclic) bond motifs is 1. The SMILES string of the molecule is Cc1nn(CC(=O)NCCN(C)C)c(=O)c2c(-n3cccc3)n(-c3ccccc3)nc12. The summed E-state index contributed by atoms with van der Waals surface area (Å²) in [7, 11) is 3.87. The molecule has 9 heteroatoms. The van der Waals surface area contributed by atoms with Crippen molar-refractivity contribution in [3.63, 3.8) is 0 Å². The minimum absolute atomic E-state index is 0.148. The number of aromatic nitrogens is 5. The van der Waals surface area contributed by atoms with Gasteiger partial charge in [-0.1, -0.05) is 18.2 Å². The molecule has 0 spiro atoms. The molecule has 1 N–H and O–H groups in total. The molecule has 0 aliphatic rings. The van der Waals surface area contributed by atoms with E-state index in [1.54, 1.807) is 11.6 Å². The number of aryl methyl sites for hydroxylation is 1. The van der Waals surface area contributed by atoms with Gasteiger partial charge in [-0.05, 0) is 45.3 Å². The molecule has 3 aromatic heterocycles. The molecule has 4 rings (SSSR count). The van der Waals surface area contributed by atoms with E-state index in [0.29, 0.717) is 35.5 Å². The van der Waals surface area contributed by atoms with Crippen molar-refractivity contribution in [2.75, 3.05) is 27.2 Å². The van der Waals surface area contributed by atoms with E-state index in [1.165, 1.54) is 4.68 Å². The van der Waals surface area contributed by atoms with Crippen LogP contribution in [0.3, 0.4) is 0 Å². The normalized spacial score (nSPS) is 11.4. The van der Waals surface area contributed by atoms with Gasteiger partial charge < -0.3 is 14.8 Å². The van der Waals surface area contributed by atoms with E-state index in [9.17, 15) is 9.59 Å². The average molecular weight is 419 g/mol. The smallest absolute Gasteiger partial charge is 0.280 e. The zero-order valence-electron chi connectivity index (χ0n) is 17.8. The summed E-state index contributed by atoms with van der Waals surface area (Å²) in [6.45, 7) is 2.87. The van der Waals surface area contributed by atoms with Gasteiger partial charge in [0, 0.05) is 25.5 Å². The van der Waals surface area contributed by atoms with Gasteiger partial charge in [-0.2, -0.15) is 10.2 Å². The molecule has 0 radical (unpaired) electrons. The van der Waals surface area contributed by atoms with Crippen LogP contribution in [0.15, 0.2) is 59.7 Å². The Morgan fingerprint density at radius 1 is 1.06 bits per heavy atom. The average Bonchev–Trinajstić information content (AvgIpc) is 3.40. The van der Waals surface area contributed by atoms with Crippen LogP contribution < -0.4 is 10.9 Å². The van der Waals surface area contributed by atoms with E-state index in [-0.39, 0.29) is 18.0 Å². The highest BCUT2D eigenvalue weighted by Crippen LogP contribution is 2.24. The Labute approximate surface area is 179 Å². The van der Waals surface area contributed by atoms with Crippen LogP contribution in [0.4, 0.5) is 0 Å².